The molecular formula is C21H26O3. The van der Waals surface area contributed by atoms with Gasteiger partial charge in [-0.1, -0.05) is 19.9 Å². The molecule has 4 aliphatic rings. The summed E-state index contributed by atoms with van der Waals surface area (Å²) in [7, 11) is 0. The third kappa shape index (κ3) is 1.93. The van der Waals surface area contributed by atoms with Crippen LogP contribution in [0.5, 0.6) is 0 Å². The number of carbonyl (C=O) groups excluding carboxylic acids is 3. The quantitative estimate of drug-likeness (QED) is 0.736. The van der Waals surface area contributed by atoms with Gasteiger partial charge in [0.15, 0.2) is 17.3 Å². The van der Waals surface area contributed by atoms with Crippen molar-refractivity contribution in [3.05, 3.63) is 23.3 Å². The van der Waals surface area contributed by atoms with Crippen LogP contribution in [0.1, 0.15) is 59.3 Å². The molecule has 0 aromatic rings. The Bertz CT molecular complexity index is 713. The summed E-state index contributed by atoms with van der Waals surface area (Å²) < 4.78 is 0. The van der Waals surface area contributed by atoms with Crippen LogP contribution in [0, 0.1) is 28.6 Å². The second-order valence-electron chi connectivity index (χ2n) is 8.81. The molecule has 0 aromatic carbocycles. The van der Waals surface area contributed by atoms with Crippen molar-refractivity contribution in [2.45, 2.75) is 59.3 Å². The lowest BCUT2D eigenvalue weighted by Gasteiger charge is -2.57. The normalized spacial score (nSPS) is 44.2. The maximum atomic E-state index is 12.8. The van der Waals surface area contributed by atoms with E-state index >= 15 is 0 Å². The number of ketones is 3. The molecule has 4 aliphatic carbocycles. The van der Waals surface area contributed by atoms with Crippen LogP contribution in [0.4, 0.5) is 0 Å². The largest absolute Gasteiger partial charge is 0.295 e. The van der Waals surface area contributed by atoms with Crippen LogP contribution < -0.4 is 0 Å². The van der Waals surface area contributed by atoms with Crippen LogP contribution >= 0.6 is 0 Å². The summed E-state index contributed by atoms with van der Waals surface area (Å²) in [6.45, 7) is 6.11. The molecule has 128 valence electrons. The minimum absolute atomic E-state index is 0.0602. The molecule has 0 bridgehead atoms. The summed E-state index contributed by atoms with van der Waals surface area (Å²) >= 11 is 0. The van der Waals surface area contributed by atoms with Gasteiger partial charge >= 0.3 is 0 Å². The molecule has 0 aliphatic heterocycles. The lowest BCUT2D eigenvalue weighted by atomic mass is 9.46. The monoisotopic (exact) mass is 326 g/mol. The summed E-state index contributed by atoms with van der Waals surface area (Å²) in [4.78, 5) is 36.8. The van der Waals surface area contributed by atoms with Crippen molar-refractivity contribution in [1.82, 2.24) is 0 Å². The van der Waals surface area contributed by atoms with Gasteiger partial charge in [0.2, 0.25) is 0 Å². The van der Waals surface area contributed by atoms with Crippen LogP contribution in [-0.4, -0.2) is 17.3 Å². The van der Waals surface area contributed by atoms with E-state index in [0.29, 0.717) is 30.6 Å². The summed E-state index contributed by atoms with van der Waals surface area (Å²) in [6.07, 6.45) is 8.71. The fraction of sp³-hybridized carbons (Fsp3) is 0.667. The van der Waals surface area contributed by atoms with Crippen molar-refractivity contribution in [3.63, 3.8) is 0 Å². The smallest absolute Gasteiger partial charge is 0.159 e. The Labute approximate surface area is 143 Å². The minimum atomic E-state index is -0.145. The van der Waals surface area contributed by atoms with E-state index in [0.717, 1.165) is 36.8 Å². The number of allylic oxidation sites excluding steroid dienone is 4. The Kier molecular flexibility index (Phi) is 3.33. The van der Waals surface area contributed by atoms with Crippen LogP contribution in [0.3, 0.4) is 0 Å². The minimum Gasteiger partial charge on any atom is -0.295 e. The number of Topliss-reactive ketones (excluding diaryl/α,β-unsaturated/α-hetero) is 2. The molecule has 0 amide bonds. The van der Waals surface area contributed by atoms with Gasteiger partial charge < -0.3 is 0 Å². The molecule has 0 unspecified atom stereocenters. The Morgan fingerprint density at radius 2 is 1.88 bits per heavy atom. The van der Waals surface area contributed by atoms with Gasteiger partial charge in [0.05, 0.1) is 0 Å². The molecule has 0 spiro atoms. The van der Waals surface area contributed by atoms with Crippen LogP contribution in [0.2, 0.25) is 0 Å². The Morgan fingerprint density at radius 1 is 1.12 bits per heavy atom. The van der Waals surface area contributed by atoms with Gasteiger partial charge in [-0.3, -0.25) is 14.4 Å². The maximum absolute atomic E-state index is 12.8. The number of fused-ring (bicyclic) bond motifs is 5. The molecule has 0 saturated heterocycles. The van der Waals surface area contributed by atoms with Gasteiger partial charge in [-0.15, -0.1) is 0 Å². The zero-order valence-corrected chi connectivity index (χ0v) is 14.9. The average molecular weight is 326 g/mol. The molecule has 24 heavy (non-hydrogen) atoms. The molecule has 3 heteroatoms. The molecule has 0 radical (unpaired) electrons. The molecule has 0 heterocycles. The van der Waals surface area contributed by atoms with Gasteiger partial charge in [0.1, 0.15) is 0 Å². The van der Waals surface area contributed by atoms with E-state index in [4.69, 9.17) is 0 Å². The second-order valence-corrected chi connectivity index (χ2v) is 8.81. The van der Waals surface area contributed by atoms with E-state index in [1.807, 2.05) is 0 Å². The first-order valence-corrected chi connectivity index (χ1v) is 9.27. The van der Waals surface area contributed by atoms with Gasteiger partial charge in [-0.2, -0.15) is 0 Å². The number of hydrogen-bond acceptors (Lipinski definition) is 3. The Balaban J connectivity index is 1.73. The Morgan fingerprint density at radius 3 is 2.58 bits per heavy atom. The van der Waals surface area contributed by atoms with E-state index in [-0.39, 0.29) is 28.2 Å². The number of hydrogen-bond donors (Lipinski definition) is 0. The molecule has 0 N–H and O–H groups in total. The first-order chi connectivity index (χ1) is 11.3. The fourth-order valence-electron chi connectivity index (χ4n) is 6.50. The number of rotatable bonds is 1. The molecule has 0 aromatic heterocycles. The molecule has 2 fully saturated rings. The van der Waals surface area contributed by atoms with Crippen LogP contribution in [0.25, 0.3) is 0 Å². The molecule has 5 atom stereocenters. The standard InChI is InChI=1S/C21H26O3/c1-12(22)15-4-5-16-14-11-19(24)18-10-13(23)6-8-21(18,3)17(14)7-9-20(15,16)2/h4,10,14,16-17H,5-9,11H2,1-3H3/t14-,16-,17-,20+,21+/m0/s1. The van der Waals surface area contributed by atoms with Crippen molar-refractivity contribution >= 4 is 17.3 Å². The second kappa shape index (κ2) is 5.00. The van der Waals surface area contributed by atoms with Gasteiger partial charge in [-0.05, 0) is 72.8 Å². The highest BCUT2D eigenvalue weighted by Gasteiger charge is 2.59. The molecule has 4 rings (SSSR count). The summed E-state index contributed by atoms with van der Waals surface area (Å²) in [5, 5.41) is 0. The van der Waals surface area contributed by atoms with E-state index < -0.39 is 0 Å². The predicted octanol–water partition coefficient (Wildman–Crippen LogP) is 3.82. The lowest BCUT2D eigenvalue weighted by molar-refractivity contribution is -0.130. The third-order valence-electron chi connectivity index (χ3n) is 7.75. The van der Waals surface area contributed by atoms with E-state index in [9.17, 15) is 14.4 Å². The van der Waals surface area contributed by atoms with Crippen LogP contribution in [0.15, 0.2) is 23.3 Å². The van der Waals surface area contributed by atoms with Crippen molar-refractivity contribution in [2.75, 3.05) is 0 Å². The zero-order valence-electron chi connectivity index (χ0n) is 14.9. The number of carbonyl (C=O) groups is 3. The highest BCUT2D eigenvalue weighted by atomic mass is 16.1. The van der Waals surface area contributed by atoms with E-state index in [1.165, 1.54) is 0 Å². The average Bonchev–Trinajstić information content (AvgIpc) is 2.87. The van der Waals surface area contributed by atoms with Crippen molar-refractivity contribution in [2.24, 2.45) is 28.6 Å². The van der Waals surface area contributed by atoms with Crippen molar-refractivity contribution < 1.29 is 14.4 Å². The van der Waals surface area contributed by atoms with Crippen molar-refractivity contribution in [3.8, 4) is 0 Å². The maximum Gasteiger partial charge on any atom is 0.159 e. The highest BCUT2D eigenvalue weighted by Crippen LogP contribution is 2.64. The topological polar surface area (TPSA) is 51.2 Å². The van der Waals surface area contributed by atoms with Crippen molar-refractivity contribution in [1.29, 1.82) is 0 Å². The van der Waals surface area contributed by atoms with Crippen LogP contribution in [-0.2, 0) is 14.4 Å². The van der Waals surface area contributed by atoms with Gasteiger partial charge in [-0.25, -0.2) is 0 Å². The first-order valence-electron chi connectivity index (χ1n) is 9.27. The predicted molar refractivity (Wildman–Crippen MR) is 91.2 cm³/mol. The fourth-order valence-corrected chi connectivity index (χ4v) is 6.50. The first kappa shape index (κ1) is 16.0. The third-order valence-corrected chi connectivity index (χ3v) is 7.75. The molecular weight excluding hydrogens is 300 g/mol. The summed E-state index contributed by atoms with van der Waals surface area (Å²) in [5.74, 6) is 1.68. The SMILES string of the molecule is CC(=O)C1=CC[C@H]2[C@@H]3CC(=O)C4=CC(=O)CC[C@]4(C)[C@H]3CC[C@]12C. The molecule has 2 saturated carbocycles. The van der Waals surface area contributed by atoms with Gasteiger partial charge in [0.25, 0.3) is 0 Å². The summed E-state index contributed by atoms with van der Waals surface area (Å²) in [6, 6.07) is 0. The molecule has 3 nitrogen and oxygen atoms in total. The Hall–Kier alpha value is -1.51. The van der Waals surface area contributed by atoms with E-state index in [1.54, 1.807) is 13.0 Å². The highest BCUT2D eigenvalue weighted by molar-refractivity contribution is 6.06. The lowest BCUT2D eigenvalue weighted by Crippen LogP contribution is -2.52. The summed E-state index contributed by atoms with van der Waals surface area (Å²) in [5.41, 5.74) is 1.58. The van der Waals surface area contributed by atoms with Gasteiger partial charge in [0, 0.05) is 18.4 Å². The zero-order chi connectivity index (χ0) is 17.3. The van der Waals surface area contributed by atoms with E-state index in [2.05, 4.69) is 19.9 Å².